The average Bonchev–Trinajstić information content (AvgIpc) is 3.41. The number of hydrogen-bond donors (Lipinski definition) is 1. The summed E-state index contributed by atoms with van der Waals surface area (Å²) in [6.07, 6.45) is 0. The third-order valence-electron chi connectivity index (χ3n) is 9.22. The molecule has 202 valence electrons. The minimum absolute atomic E-state index is 0.506. The van der Waals surface area contributed by atoms with Gasteiger partial charge in [0.15, 0.2) is 0 Å². The predicted octanol–water partition coefficient (Wildman–Crippen LogP) is 10.4. The average molecular weight is 549 g/mol. The van der Waals surface area contributed by atoms with Crippen molar-refractivity contribution in [3.8, 4) is 5.69 Å². The molecule has 0 saturated heterocycles. The highest BCUT2D eigenvalue weighted by Crippen LogP contribution is 2.55. The molecule has 1 aliphatic heterocycles. The number of para-hydroxylation sites is 2. The van der Waals surface area contributed by atoms with Crippen molar-refractivity contribution in [2.75, 3.05) is 5.32 Å². The molecule has 0 amide bonds. The quantitative estimate of drug-likeness (QED) is 0.232. The summed E-state index contributed by atoms with van der Waals surface area (Å²) in [5.41, 5.74) is 10.4. The first-order valence-electron chi connectivity index (χ1n) is 14.9. The highest BCUT2D eigenvalue weighted by Gasteiger charge is 2.44. The van der Waals surface area contributed by atoms with E-state index in [1.54, 1.807) is 0 Å². The van der Waals surface area contributed by atoms with Gasteiger partial charge >= 0.3 is 0 Å². The van der Waals surface area contributed by atoms with Gasteiger partial charge in [-0.25, -0.2) is 0 Å². The summed E-state index contributed by atoms with van der Waals surface area (Å²) in [6, 6.07) is 59.7. The molecule has 7 aromatic carbocycles. The Balaban J connectivity index is 1.50. The lowest BCUT2D eigenvalue weighted by molar-refractivity contribution is 0.741. The molecule has 0 unspecified atom stereocenters. The number of hydrogen-bond acceptors (Lipinski definition) is 1. The molecular formula is C41H28N2. The SMILES string of the molecule is c1ccc(-n2c3cc4c(cc3c3ccc5ccccc5c32)Nc2ccccc2C4(c2ccccc2)c2ccccc2)cc1. The van der Waals surface area contributed by atoms with Gasteiger partial charge in [0, 0.05) is 33.2 Å². The van der Waals surface area contributed by atoms with E-state index < -0.39 is 5.41 Å². The van der Waals surface area contributed by atoms with Gasteiger partial charge in [-0.1, -0.05) is 133 Å². The molecule has 0 fully saturated rings. The Kier molecular flexibility index (Phi) is 5.15. The van der Waals surface area contributed by atoms with Gasteiger partial charge in [0.25, 0.3) is 0 Å². The number of aromatic nitrogens is 1. The van der Waals surface area contributed by atoms with E-state index in [1.807, 2.05) is 0 Å². The predicted molar refractivity (Wildman–Crippen MR) is 180 cm³/mol. The van der Waals surface area contributed by atoms with Gasteiger partial charge in [0.2, 0.25) is 0 Å². The molecule has 0 aliphatic carbocycles. The molecule has 0 radical (unpaired) electrons. The lowest BCUT2D eigenvalue weighted by Gasteiger charge is -2.42. The number of anilines is 2. The fourth-order valence-corrected chi connectivity index (χ4v) is 7.46. The fraction of sp³-hybridized carbons (Fsp3) is 0.0244. The monoisotopic (exact) mass is 548 g/mol. The maximum absolute atomic E-state index is 3.87. The molecule has 0 spiro atoms. The van der Waals surface area contributed by atoms with Crippen molar-refractivity contribution in [1.29, 1.82) is 0 Å². The number of benzene rings is 7. The van der Waals surface area contributed by atoms with Crippen LogP contribution in [-0.2, 0) is 5.41 Å². The molecule has 2 nitrogen and oxygen atoms in total. The minimum atomic E-state index is -0.506. The smallest absolute Gasteiger partial charge is 0.0742 e. The second-order valence-electron chi connectivity index (χ2n) is 11.4. The zero-order chi connectivity index (χ0) is 28.4. The molecule has 8 aromatic rings. The Hall–Kier alpha value is -5.60. The summed E-state index contributed by atoms with van der Waals surface area (Å²) in [5.74, 6) is 0. The van der Waals surface area contributed by atoms with Crippen LogP contribution in [0.25, 0.3) is 38.3 Å². The highest BCUT2D eigenvalue weighted by molar-refractivity contribution is 6.19. The Morgan fingerprint density at radius 1 is 0.442 bits per heavy atom. The lowest BCUT2D eigenvalue weighted by Crippen LogP contribution is -2.35. The van der Waals surface area contributed by atoms with E-state index >= 15 is 0 Å². The second-order valence-corrected chi connectivity index (χ2v) is 11.4. The summed E-state index contributed by atoms with van der Waals surface area (Å²) in [4.78, 5) is 0. The van der Waals surface area contributed by atoms with Gasteiger partial charge in [-0.3, -0.25) is 0 Å². The first kappa shape index (κ1) is 24.0. The van der Waals surface area contributed by atoms with Crippen LogP contribution in [0, 0.1) is 0 Å². The molecule has 2 heterocycles. The van der Waals surface area contributed by atoms with Crippen molar-refractivity contribution in [3.63, 3.8) is 0 Å². The normalized spacial score (nSPS) is 13.5. The van der Waals surface area contributed by atoms with Gasteiger partial charge in [0.1, 0.15) is 0 Å². The summed E-state index contributed by atoms with van der Waals surface area (Å²) in [5, 5.41) is 8.86. The van der Waals surface area contributed by atoms with E-state index in [4.69, 9.17) is 0 Å². The standard InChI is InChI=1S/C41H28N2/c1-4-15-29(16-5-1)41(30-17-6-2-7-18-30)35-22-12-13-23-37(35)42-38-26-34-33-25-24-28-14-10-11-21-32(28)40(33)43(39(34)27-36(38)41)31-19-8-3-9-20-31/h1-27,42H. The van der Waals surface area contributed by atoms with Gasteiger partial charge in [-0.2, -0.15) is 0 Å². The topological polar surface area (TPSA) is 17.0 Å². The van der Waals surface area contributed by atoms with Gasteiger partial charge in [0.05, 0.1) is 16.4 Å². The van der Waals surface area contributed by atoms with Crippen LogP contribution in [0.4, 0.5) is 11.4 Å². The van der Waals surface area contributed by atoms with Crippen molar-refractivity contribution in [2.45, 2.75) is 5.41 Å². The molecule has 2 heteroatoms. The number of nitrogens with zero attached hydrogens (tertiary/aromatic N) is 1. The van der Waals surface area contributed by atoms with Crippen molar-refractivity contribution in [1.82, 2.24) is 4.57 Å². The Bertz CT molecular complexity index is 2260. The summed E-state index contributed by atoms with van der Waals surface area (Å²) in [6.45, 7) is 0. The first-order valence-corrected chi connectivity index (χ1v) is 14.9. The number of fused-ring (bicyclic) bond motifs is 7. The van der Waals surface area contributed by atoms with Crippen molar-refractivity contribution < 1.29 is 0 Å². The van der Waals surface area contributed by atoms with E-state index in [9.17, 15) is 0 Å². The third-order valence-corrected chi connectivity index (χ3v) is 9.22. The molecule has 1 aromatic heterocycles. The van der Waals surface area contributed by atoms with Crippen LogP contribution < -0.4 is 5.32 Å². The van der Waals surface area contributed by atoms with E-state index in [1.165, 1.54) is 54.8 Å². The summed E-state index contributed by atoms with van der Waals surface area (Å²) < 4.78 is 2.47. The molecule has 9 rings (SSSR count). The number of nitrogens with one attached hydrogen (secondary N) is 1. The van der Waals surface area contributed by atoms with Crippen LogP contribution in [0.15, 0.2) is 164 Å². The fourth-order valence-electron chi connectivity index (χ4n) is 7.46. The Morgan fingerprint density at radius 2 is 1.07 bits per heavy atom. The van der Waals surface area contributed by atoms with Crippen LogP contribution in [0.5, 0.6) is 0 Å². The van der Waals surface area contributed by atoms with Gasteiger partial charge < -0.3 is 9.88 Å². The molecule has 1 N–H and O–H groups in total. The number of rotatable bonds is 3. The summed E-state index contributed by atoms with van der Waals surface area (Å²) >= 11 is 0. The van der Waals surface area contributed by atoms with Crippen molar-refractivity contribution in [3.05, 3.63) is 186 Å². The second kappa shape index (κ2) is 9.20. The van der Waals surface area contributed by atoms with E-state index in [-0.39, 0.29) is 0 Å². The van der Waals surface area contributed by atoms with E-state index in [0.717, 1.165) is 17.1 Å². The van der Waals surface area contributed by atoms with Gasteiger partial charge in [-0.15, -0.1) is 0 Å². The van der Waals surface area contributed by atoms with Crippen LogP contribution in [0.2, 0.25) is 0 Å². The first-order chi connectivity index (χ1) is 21.3. The third kappa shape index (κ3) is 3.35. The largest absolute Gasteiger partial charge is 0.355 e. The van der Waals surface area contributed by atoms with E-state index in [2.05, 4.69) is 174 Å². The summed E-state index contributed by atoms with van der Waals surface area (Å²) in [7, 11) is 0. The van der Waals surface area contributed by atoms with Crippen LogP contribution in [-0.4, -0.2) is 4.57 Å². The van der Waals surface area contributed by atoms with Crippen LogP contribution in [0.1, 0.15) is 22.3 Å². The maximum atomic E-state index is 3.87. The molecular weight excluding hydrogens is 520 g/mol. The molecule has 43 heavy (non-hydrogen) atoms. The lowest BCUT2D eigenvalue weighted by atomic mass is 9.62. The Labute approximate surface area is 250 Å². The zero-order valence-electron chi connectivity index (χ0n) is 23.5. The zero-order valence-corrected chi connectivity index (χ0v) is 23.5. The maximum Gasteiger partial charge on any atom is 0.0742 e. The van der Waals surface area contributed by atoms with Gasteiger partial charge in [-0.05, 0) is 58.0 Å². The van der Waals surface area contributed by atoms with Crippen LogP contribution in [0.3, 0.4) is 0 Å². The van der Waals surface area contributed by atoms with Crippen LogP contribution >= 0.6 is 0 Å². The molecule has 0 bridgehead atoms. The van der Waals surface area contributed by atoms with Crippen molar-refractivity contribution in [2.24, 2.45) is 0 Å². The minimum Gasteiger partial charge on any atom is -0.355 e. The Morgan fingerprint density at radius 3 is 1.81 bits per heavy atom. The molecule has 0 atom stereocenters. The highest BCUT2D eigenvalue weighted by atomic mass is 15.0. The van der Waals surface area contributed by atoms with E-state index in [0.29, 0.717) is 0 Å². The van der Waals surface area contributed by atoms with Crippen molar-refractivity contribution >= 4 is 44.0 Å². The molecule has 1 aliphatic rings. The molecule has 0 saturated carbocycles.